The quantitative estimate of drug-likeness (QED) is 0.551. The fraction of sp³-hybridized carbons (Fsp3) is 0.750. The Balaban J connectivity index is 1.87. The van der Waals surface area contributed by atoms with Crippen LogP contribution < -0.4 is 0 Å². The lowest BCUT2D eigenvalue weighted by Crippen LogP contribution is -2.17. The Morgan fingerprint density at radius 1 is 1.30 bits per heavy atom. The van der Waals surface area contributed by atoms with Crippen LogP contribution >= 0.6 is 0 Å². The molecular formula is C8H11O2. The SMILES string of the molecule is [C]1=COC(C2CCCC2)O1. The summed E-state index contributed by atoms with van der Waals surface area (Å²) in [5.41, 5.74) is 0. The standard InChI is InChI=1S/C8H11O2/c1-2-4-7(3-1)8-9-5-6-10-8/h5,7-8H,1-4H2. The summed E-state index contributed by atoms with van der Waals surface area (Å²) in [6.45, 7) is 0. The van der Waals surface area contributed by atoms with Crippen molar-refractivity contribution in [2.75, 3.05) is 0 Å². The zero-order valence-corrected chi connectivity index (χ0v) is 5.88. The molecule has 2 nitrogen and oxygen atoms in total. The summed E-state index contributed by atoms with van der Waals surface area (Å²) in [6, 6.07) is 0. The first kappa shape index (κ1) is 6.08. The van der Waals surface area contributed by atoms with Gasteiger partial charge in [-0.05, 0) is 12.8 Å². The molecule has 1 radical (unpaired) electrons. The Kier molecular flexibility index (Phi) is 1.53. The van der Waals surface area contributed by atoms with Crippen LogP contribution in [0.2, 0.25) is 0 Å². The molecule has 0 bridgehead atoms. The maximum atomic E-state index is 5.18. The van der Waals surface area contributed by atoms with Crippen molar-refractivity contribution >= 4 is 0 Å². The van der Waals surface area contributed by atoms with Gasteiger partial charge in [0.05, 0.1) is 0 Å². The van der Waals surface area contributed by atoms with Gasteiger partial charge in [0.25, 0.3) is 0 Å². The second-order valence-corrected chi connectivity index (χ2v) is 2.90. The summed E-state index contributed by atoms with van der Waals surface area (Å²) >= 11 is 0. The van der Waals surface area contributed by atoms with E-state index in [-0.39, 0.29) is 6.29 Å². The number of ether oxygens (including phenoxy) is 2. The lowest BCUT2D eigenvalue weighted by Gasteiger charge is -2.15. The van der Waals surface area contributed by atoms with Gasteiger partial charge in [0, 0.05) is 5.92 Å². The van der Waals surface area contributed by atoms with Crippen molar-refractivity contribution in [1.29, 1.82) is 0 Å². The minimum atomic E-state index is -0.0116. The van der Waals surface area contributed by atoms with Crippen LogP contribution in [0.15, 0.2) is 6.26 Å². The lowest BCUT2D eigenvalue weighted by molar-refractivity contribution is -0.0692. The Morgan fingerprint density at radius 3 is 2.70 bits per heavy atom. The Morgan fingerprint density at radius 2 is 2.10 bits per heavy atom. The first-order valence-corrected chi connectivity index (χ1v) is 3.85. The normalized spacial score (nSPS) is 26.8. The maximum absolute atomic E-state index is 5.18. The van der Waals surface area contributed by atoms with Gasteiger partial charge in [-0.1, -0.05) is 12.8 Å². The van der Waals surface area contributed by atoms with Gasteiger partial charge in [-0.2, -0.15) is 0 Å². The summed E-state index contributed by atoms with van der Waals surface area (Å²) in [4.78, 5) is 0. The van der Waals surface area contributed by atoms with Crippen LogP contribution in [0.3, 0.4) is 0 Å². The van der Waals surface area contributed by atoms with E-state index >= 15 is 0 Å². The van der Waals surface area contributed by atoms with E-state index in [2.05, 4.69) is 6.26 Å². The van der Waals surface area contributed by atoms with Gasteiger partial charge in [-0.15, -0.1) is 0 Å². The van der Waals surface area contributed by atoms with E-state index in [1.54, 1.807) is 0 Å². The molecule has 1 fully saturated rings. The summed E-state index contributed by atoms with van der Waals surface area (Å²) in [5.74, 6) is 0.617. The van der Waals surface area contributed by atoms with E-state index in [9.17, 15) is 0 Å². The van der Waals surface area contributed by atoms with Crippen molar-refractivity contribution in [3.8, 4) is 0 Å². The van der Waals surface area contributed by atoms with Crippen LogP contribution in [0.4, 0.5) is 0 Å². The van der Waals surface area contributed by atoms with Crippen LogP contribution in [0.1, 0.15) is 25.7 Å². The lowest BCUT2D eigenvalue weighted by atomic mass is 10.1. The van der Waals surface area contributed by atoms with Crippen molar-refractivity contribution in [2.24, 2.45) is 5.92 Å². The van der Waals surface area contributed by atoms with Gasteiger partial charge >= 0.3 is 0 Å². The van der Waals surface area contributed by atoms with Gasteiger partial charge in [0.1, 0.15) is 6.26 Å². The highest BCUT2D eigenvalue weighted by atomic mass is 16.7. The molecule has 2 heteroatoms. The van der Waals surface area contributed by atoms with Gasteiger partial charge in [0.2, 0.25) is 12.6 Å². The minimum Gasteiger partial charge on any atom is -0.458 e. The molecule has 10 heavy (non-hydrogen) atoms. The molecule has 1 aliphatic heterocycles. The van der Waals surface area contributed by atoms with E-state index in [0.29, 0.717) is 5.92 Å². The minimum absolute atomic E-state index is 0.0116. The molecule has 1 heterocycles. The number of hydrogen-bond donors (Lipinski definition) is 0. The van der Waals surface area contributed by atoms with Crippen LogP contribution in [-0.2, 0) is 9.47 Å². The van der Waals surface area contributed by atoms with E-state index < -0.39 is 0 Å². The molecule has 1 unspecified atom stereocenters. The largest absolute Gasteiger partial charge is 0.458 e. The Bertz CT molecular complexity index is 128. The second-order valence-electron chi connectivity index (χ2n) is 2.90. The third-order valence-electron chi connectivity index (χ3n) is 2.22. The van der Waals surface area contributed by atoms with Crippen molar-refractivity contribution < 1.29 is 9.47 Å². The molecule has 0 saturated heterocycles. The summed E-state index contributed by atoms with van der Waals surface area (Å²) < 4.78 is 10.3. The molecule has 0 aromatic rings. The first-order chi connectivity index (χ1) is 4.97. The summed E-state index contributed by atoms with van der Waals surface area (Å²) in [7, 11) is 0. The average Bonchev–Trinajstić information content (AvgIpc) is 2.59. The van der Waals surface area contributed by atoms with Crippen LogP contribution in [0, 0.1) is 12.2 Å². The molecule has 0 N–H and O–H groups in total. The van der Waals surface area contributed by atoms with Crippen molar-refractivity contribution in [1.82, 2.24) is 0 Å². The predicted molar refractivity (Wildman–Crippen MR) is 35.7 cm³/mol. The van der Waals surface area contributed by atoms with E-state index in [0.717, 1.165) is 0 Å². The predicted octanol–water partition coefficient (Wildman–Crippen LogP) is 1.82. The van der Waals surface area contributed by atoms with Crippen LogP contribution in [0.5, 0.6) is 0 Å². The highest BCUT2D eigenvalue weighted by Crippen LogP contribution is 2.31. The molecule has 0 amide bonds. The molecular weight excluding hydrogens is 128 g/mol. The highest BCUT2D eigenvalue weighted by Gasteiger charge is 2.28. The molecule has 1 atom stereocenters. The number of rotatable bonds is 1. The van der Waals surface area contributed by atoms with E-state index in [1.165, 1.54) is 31.9 Å². The third-order valence-corrected chi connectivity index (χ3v) is 2.22. The third kappa shape index (κ3) is 0.981. The molecule has 0 aromatic carbocycles. The summed E-state index contributed by atoms with van der Waals surface area (Å²) in [5, 5.41) is 0. The topological polar surface area (TPSA) is 18.5 Å². The van der Waals surface area contributed by atoms with E-state index in [1.807, 2.05) is 0 Å². The highest BCUT2D eigenvalue weighted by molar-refractivity contribution is 4.75. The van der Waals surface area contributed by atoms with Crippen LogP contribution in [-0.4, -0.2) is 6.29 Å². The van der Waals surface area contributed by atoms with Crippen molar-refractivity contribution in [3.63, 3.8) is 0 Å². The first-order valence-electron chi connectivity index (χ1n) is 3.85. The monoisotopic (exact) mass is 139 g/mol. The summed E-state index contributed by atoms with van der Waals surface area (Å²) in [6.07, 6.45) is 9.26. The van der Waals surface area contributed by atoms with Gasteiger partial charge in [-0.25, -0.2) is 0 Å². The Hall–Kier alpha value is -0.660. The van der Waals surface area contributed by atoms with Gasteiger partial charge < -0.3 is 9.47 Å². The molecule has 55 valence electrons. The van der Waals surface area contributed by atoms with Gasteiger partial charge in [0.15, 0.2) is 0 Å². The zero-order chi connectivity index (χ0) is 6.81. The van der Waals surface area contributed by atoms with Crippen molar-refractivity contribution in [2.45, 2.75) is 32.0 Å². The zero-order valence-electron chi connectivity index (χ0n) is 5.88. The maximum Gasteiger partial charge on any atom is 0.243 e. The fourth-order valence-corrected chi connectivity index (χ4v) is 1.65. The van der Waals surface area contributed by atoms with Crippen LogP contribution in [0.25, 0.3) is 0 Å². The van der Waals surface area contributed by atoms with Crippen molar-refractivity contribution in [3.05, 3.63) is 12.5 Å². The van der Waals surface area contributed by atoms with E-state index in [4.69, 9.17) is 9.47 Å². The van der Waals surface area contributed by atoms with Gasteiger partial charge in [-0.3, -0.25) is 0 Å². The Labute approximate surface area is 60.8 Å². The molecule has 2 rings (SSSR count). The fourth-order valence-electron chi connectivity index (χ4n) is 1.65. The smallest absolute Gasteiger partial charge is 0.243 e. The molecule has 0 aromatic heterocycles. The second kappa shape index (κ2) is 2.52. The molecule has 0 spiro atoms. The number of hydrogen-bond acceptors (Lipinski definition) is 2. The molecule has 1 aliphatic carbocycles. The average molecular weight is 139 g/mol. The molecule has 1 saturated carbocycles. The molecule has 2 aliphatic rings.